The summed E-state index contributed by atoms with van der Waals surface area (Å²) in [6, 6.07) is 8.21. The fourth-order valence-electron chi connectivity index (χ4n) is 1.82. The van der Waals surface area contributed by atoms with Gasteiger partial charge < -0.3 is 10.8 Å². The second-order valence-corrected chi connectivity index (χ2v) is 3.82. The fourth-order valence-corrected chi connectivity index (χ4v) is 1.82. The summed E-state index contributed by atoms with van der Waals surface area (Å²) in [5.41, 5.74) is 8.13. The summed E-state index contributed by atoms with van der Waals surface area (Å²) in [6.07, 6.45) is -0.125. The van der Waals surface area contributed by atoms with Gasteiger partial charge in [-0.2, -0.15) is 0 Å². The summed E-state index contributed by atoms with van der Waals surface area (Å²) >= 11 is 0. The average molecular weight is 192 g/mol. The number of likely N-dealkylation sites (tertiary alicyclic amines) is 1. The molecule has 1 heterocycles. The van der Waals surface area contributed by atoms with Crippen molar-refractivity contribution >= 4 is 0 Å². The molecule has 0 spiro atoms. The van der Waals surface area contributed by atoms with Crippen molar-refractivity contribution in [1.29, 1.82) is 0 Å². The second-order valence-electron chi connectivity index (χ2n) is 3.82. The van der Waals surface area contributed by atoms with Crippen molar-refractivity contribution in [2.24, 2.45) is 5.73 Å². The summed E-state index contributed by atoms with van der Waals surface area (Å²) in [7, 11) is 0. The maximum absolute atomic E-state index is 9.16. The first-order valence-electron chi connectivity index (χ1n) is 4.97. The molecule has 0 aliphatic carbocycles. The van der Waals surface area contributed by atoms with E-state index in [0.29, 0.717) is 6.54 Å². The topological polar surface area (TPSA) is 49.5 Å². The van der Waals surface area contributed by atoms with Gasteiger partial charge in [0.05, 0.1) is 6.10 Å². The number of aliphatic hydroxyl groups is 1. The van der Waals surface area contributed by atoms with Crippen LogP contribution in [0.1, 0.15) is 11.1 Å². The Morgan fingerprint density at radius 3 is 2.50 bits per heavy atom. The normalized spacial score (nSPS) is 18.1. The Balaban J connectivity index is 2.01. The lowest BCUT2D eigenvalue weighted by Gasteiger charge is -2.36. The van der Waals surface area contributed by atoms with Crippen LogP contribution in [0.5, 0.6) is 0 Å². The van der Waals surface area contributed by atoms with Crippen LogP contribution in [-0.2, 0) is 13.1 Å². The maximum atomic E-state index is 9.16. The van der Waals surface area contributed by atoms with Crippen LogP contribution in [0.3, 0.4) is 0 Å². The first-order valence-corrected chi connectivity index (χ1v) is 4.97. The van der Waals surface area contributed by atoms with Gasteiger partial charge in [-0.15, -0.1) is 0 Å². The van der Waals surface area contributed by atoms with Crippen LogP contribution in [0, 0.1) is 0 Å². The van der Waals surface area contributed by atoms with Crippen LogP contribution >= 0.6 is 0 Å². The van der Waals surface area contributed by atoms with Gasteiger partial charge >= 0.3 is 0 Å². The van der Waals surface area contributed by atoms with E-state index in [1.54, 1.807) is 0 Å². The van der Waals surface area contributed by atoms with Gasteiger partial charge in [0, 0.05) is 26.2 Å². The summed E-state index contributed by atoms with van der Waals surface area (Å²) in [5.74, 6) is 0. The van der Waals surface area contributed by atoms with E-state index in [4.69, 9.17) is 10.8 Å². The standard InChI is InChI=1S/C11H16N2O/c12-5-9-3-1-2-4-10(9)6-13-7-11(14)8-13/h1-4,11,14H,5-8,12H2. The Morgan fingerprint density at radius 1 is 1.29 bits per heavy atom. The third-order valence-electron chi connectivity index (χ3n) is 2.67. The highest BCUT2D eigenvalue weighted by Gasteiger charge is 2.24. The van der Waals surface area contributed by atoms with Crippen molar-refractivity contribution in [1.82, 2.24) is 4.90 Å². The second kappa shape index (κ2) is 4.09. The molecule has 0 radical (unpaired) electrons. The largest absolute Gasteiger partial charge is 0.390 e. The van der Waals surface area contributed by atoms with Crippen LogP contribution in [0.25, 0.3) is 0 Å². The van der Waals surface area contributed by atoms with Crippen molar-refractivity contribution in [3.63, 3.8) is 0 Å². The van der Waals surface area contributed by atoms with Crippen molar-refractivity contribution in [2.75, 3.05) is 13.1 Å². The van der Waals surface area contributed by atoms with Gasteiger partial charge in [0.2, 0.25) is 0 Å². The van der Waals surface area contributed by atoms with Crippen molar-refractivity contribution in [3.8, 4) is 0 Å². The zero-order chi connectivity index (χ0) is 9.97. The van der Waals surface area contributed by atoms with E-state index in [1.807, 2.05) is 12.1 Å². The molecule has 1 aliphatic heterocycles. The lowest BCUT2D eigenvalue weighted by atomic mass is 10.0. The predicted molar refractivity (Wildman–Crippen MR) is 55.6 cm³/mol. The number of nitrogens with two attached hydrogens (primary N) is 1. The van der Waals surface area contributed by atoms with Gasteiger partial charge in [-0.05, 0) is 11.1 Å². The Kier molecular flexibility index (Phi) is 2.82. The molecule has 0 amide bonds. The van der Waals surface area contributed by atoms with E-state index in [1.165, 1.54) is 11.1 Å². The first kappa shape index (κ1) is 9.65. The van der Waals surface area contributed by atoms with Gasteiger partial charge in [0.25, 0.3) is 0 Å². The molecule has 1 fully saturated rings. The molecule has 0 aromatic heterocycles. The maximum Gasteiger partial charge on any atom is 0.0794 e. The monoisotopic (exact) mass is 192 g/mol. The quantitative estimate of drug-likeness (QED) is 0.725. The van der Waals surface area contributed by atoms with Crippen LogP contribution in [-0.4, -0.2) is 29.2 Å². The number of hydrogen-bond donors (Lipinski definition) is 2. The molecule has 3 nitrogen and oxygen atoms in total. The minimum absolute atomic E-state index is 0.125. The minimum Gasteiger partial charge on any atom is -0.390 e. The lowest BCUT2D eigenvalue weighted by molar-refractivity contribution is -0.00299. The Morgan fingerprint density at radius 2 is 1.93 bits per heavy atom. The highest BCUT2D eigenvalue weighted by Crippen LogP contribution is 2.15. The van der Waals surface area contributed by atoms with Crippen LogP contribution < -0.4 is 5.73 Å². The third kappa shape index (κ3) is 1.95. The van der Waals surface area contributed by atoms with Gasteiger partial charge in [-0.1, -0.05) is 24.3 Å². The molecule has 2 rings (SSSR count). The summed E-state index contributed by atoms with van der Waals surface area (Å²) in [6.45, 7) is 3.08. The first-order chi connectivity index (χ1) is 6.79. The number of rotatable bonds is 3. The Labute approximate surface area is 84.1 Å². The highest BCUT2D eigenvalue weighted by atomic mass is 16.3. The molecule has 14 heavy (non-hydrogen) atoms. The van der Waals surface area contributed by atoms with Crippen LogP contribution in [0.2, 0.25) is 0 Å². The SMILES string of the molecule is NCc1ccccc1CN1CC(O)C1. The van der Waals surface area contributed by atoms with E-state index in [9.17, 15) is 0 Å². The molecule has 0 atom stereocenters. The zero-order valence-electron chi connectivity index (χ0n) is 8.19. The zero-order valence-corrected chi connectivity index (χ0v) is 8.19. The lowest BCUT2D eigenvalue weighted by Crippen LogP contribution is -2.49. The number of benzene rings is 1. The average Bonchev–Trinajstić information content (AvgIpc) is 2.16. The molecule has 1 aliphatic rings. The summed E-state index contributed by atoms with van der Waals surface area (Å²) < 4.78 is 0. The predicted octanol–water partition coefficient (Wildman–Crippen LogP) is 0.322. The fraction of sp³-hybridized carbons (Fsp3) is 0.455. The van der Waals surface area contributed by atoms with Crippen LogP contribution in [0.15, 0.2) is 24.3 Å². The van der Waals surface area contributed by atoms with Gasteiger partial charge in [-0.25, -0.2) is 0 Å². The minimum atomic E-state index is -0.125. The molecule has 76 valence electrons. The third-order valence-corrected chi connectivity index (χ3v) is 2.67. The van der Waals surface area contributed by atoms with E-state index in [0.717, 1.165) is 19.6 Å². The highest BCUT2D eigenvalue weighted by molar-refractivity contribution is 5.27. The molecule has 3 N–H and O–H groups in total. The molecule has 3 heteroatoms. The van der Waals surface area contributed by atoms with Crippen molar-refractivity contribution in [2.45, 2.75) is 19.2 Å². The van der Waals surface area contributed by atoms with Crippen molar-refractivity contribution < 1.29 is 5.11 Å². The van der Waals surface area contributed by atoms with E-state index in [-0.39, 0.29) is 6.10 Å². The molecule has 1 saturated heterocycles. The smallest absolute Gasteiger partial charge is 0.0794 e. The molecule has 0 unspecified atom stereocenters. The molecular weight excluding hydrogens is 176 g/mol. The number of nitrogens with zero attached hydrogens (tertiary/aromatic N) is 1. The van der Waals surface area contributed by atoms with Gasteiger partial charge in [0.15, 0.2) is 0 Å². The van der Waals surface area contributed by atoms with E-state index >= 15 is 0 Å². The molecule has 1 aromatic rings. The number of β-amino-alcohol motifs (C(OH)–C–C–N with tert-alkyl or cyclic N) is 1. The Hall–Kier alpha value is -0.900. The van der Waals surface area contributed by atoms with Crippen molar-refractivity contribution in [3.05, 3.63) is 35.4 Å². The number of hydrogen-bond acceptors (Lipinski definition) is 3. The van der Waals surface area contributed by atoms with E-state index in [2.05, 4.69) is 17.0 Å². The summed E-state index contributed by atoms with van der Waals surface area (Å²) in [4.78, 5) is 2.22. The molecular formula is C11H16N2O. The number of aliphatic hydroxyl groups excluding tert-OH is 1. The Bertz CT molecular complexity index is 308. The van der Waals surface area contributed by atoms with Gasteiger partial charge in [-0.3, -0.25) is 4.90 Å². The van der Waals surface area contributed by atoms with Crippen LogP contribution in [0.4, 0.5) is 0 Å². The van der Waals surface area contributed by atoms with E-state index < -0.39 is 0 Å². The van der Waals surface area contributed by atoms with Gasteiger partial charge in [0.1, 0.15) is 0 Å². The summed E-state index contributed by atoms with van der Waals surface area (Å²) in [5, 5.41) is 9.16. The molecule has 0 saturated carbocycles. The molecule has 0 bridgehead atoms. The molecule has 1 aromatic carbocycles.